The van der Waals surface area contributed by atoms with E-state index in [9.17, 15) is 0 Å². The number of fused-ring (bicyclic) bond motifs is 3. The van der Waals surface area contributed by atoms with Crippen molar-refractivity contribution in [2.24, 2.45) is 0 Å². The van der Waals surface area contributed by atoms with Gasteiger partial charge in [0.1, 0.15) is 16.5 Å². The van der Waals surface area contributed by atoms with Crippen LogP contribution in [0, 0.1) is 0 Å². The van der Waals surface area contributed by atoms with Gasteiger partial charge in [0.25, 0.3) is 0 Å². The summed E-state index contributed by atoms with van der Waals surface area (Å²) < 4.78 is 2.12. The highest BCUT2D eigenvalue weighted by Gasteiger charge is 2.18. The molecular weight excluding hydrogens is 284 g/mol. The van der Waals surface area contributed by atoms with Gasteiger partial charge in [0, 0.05) is 30.9 Å². The summed E-state index contributed by atoms with van der Waals surface area (Å²) in [5.74, 6) is 1.26. The lowest BCUT2D eigenvalue weighted by atomic mass is 10.3. The first-order valence-corrected chi connectivity index (χ1v) is 7.04. The first kappa shape index (κ1) is 12.2. The van der Waals surface area contributed by atoms with Crippen LogP contribution in [0.15, 0.2) is 36.7 Å². The van der Waals surface area contributed by atoms with Crippen LogP contribution in [0.3, 0.4) is 0 Å². The van der Waals surface area contributed by atoms with Crippen molar-refractivity contribution in [3.05, 3.63) is 42.4 Å². The molecule has 0 aromatic carbocycles. The summed E-state index contributed by atoms with van der Waals surface area (Å²) >= 11 is 5.33. The van der Waals surface area contributed by atoms with Crippen LogP contribution in [0.25, 0.3) is 11.0 Å². The summed E-state index contributed by atoms with van der Waals surface area (Å²) in [6.07, 6.45) is 3.53. The molecule has 3 aromatic rings. The van der Waals surface area contributed by atoms with Crippen LogP contribution in [0.2, 0.25) is 0 Å². The Morgan fingerprint density at radius 1 is 1.29 bits per heavy atom. The molecule has 1 aliphatic heterocycles. The van der Waals surface area contributed by atoms with Crippen LogP contribution in [0.1, 0.15) is 5.69 Å². The Morgan fingerprint density at radius 2 is 2.24 bits per heavy atom. The molecule has 3 aromatic heterocycles. The number of nitrogens with zero attached hydrogens (tertiary/aromatic N) is 4. The van der Waals surface area contributed by atoms with Crippen molar-refractivity contribution in [3.63, 3.8) is 0 Å². The van der Waals surface area contributed by atoms with Crippen molar-refractivity contribution in [1.82, 2.24) is 24.8 Å². The largest absolute Gasteiger partial charge is 0.373 e. The van der Waals surface area contributed by atoms with Crippen LogP contribution in [-0.4, -0.2) is 31.1 Å². The molecule has 0 unspecified atom stereocenters. The van der Waals surface area contributed by atoms with E-state index >= 15 is 0 Å². The Kier molecular flexibility index (Phi) is 2.78. The van der Waals surface area contributed by atoms with Crippen molar-refractivity contribution in [2.45, 2.75) is 6.54 Å². The minimum absolute atomic E-state index is 0.534. The van der Waals surface area contributed by atoms with E-state index in [2.05, 4.69) is 30.2 Å². The molecule has 4 heterocycles. The van der Waals surface area contributed by atoms with Gasteiger partial charge in [-0.2, -0.15) is 4.98 Å². The number of thiocarbonyl (C=S) groups is 1. The quantitative estimate of drug-likeness (QED) is 0.704. The van der Waals surface area contributed by atoms with Crippen molar-refractivity contribution < 1.29 is 0 Å². The molecule has 1 aliphatic rings. The Labute approximate surface area is 126 Å². The van der Waals surface area contributed by atoms with Crippen molar-refractivity contribution in [3.8, 4) is 0 Å². The fraction of sp³-hybridized carbons (Fsp3) is 0.143. The van der Waals surface area contributed by atoms with Gasteiger partial charge >= 0.3 is 0 Å². The zero-order valence-electron chi connectivity index (χ0n) is 11.1. The minimum Gasteiger partial charge on any atom is -0.373 e. The summed E-state index contributed by atoms with van der Waals surface area (Å²) in [5.41, 5.74) is 1.89. The Bertz CT molecular complexity index is 826. The van der Waals surface area contributed by atoms with Crippen molar-refractivity contribution in [2.75, 3.05) is 11.9 Å². The van der Waals surface area contributed by atoms with Gasteiger partial charge < -0.3 is 15.2 Å². The summed E-state index contributed by atoms with van der Waals surface area (Å²) in [6.45, 7) is 1.67. The second kappa shape index (κ2) is 4.78. The first-order chi connectivity index (χ1) is 10.3. The highest BCUT2D eigenvalue weighted by Crippen LogP contribution is 2.21. The number of nitrogens with one attached hydrogen (secondary N) is 2. The zero-order valence-corrected chi connectivity index (χ0v) is 11.9. The molecule has 6 nitrogen and oxygen atoms in total. The van der Waals surface area contributed by atoms with E-state index in [-0.39, 0.29) is 0 Å². The van der Waals surface area contributed by atoms with Crippen LogP contribution < -0.4 is 10.6 Å². The number of pyridine rings is 1. The molecule has 7 heteroatoms. The predicted molar refractivity (Wildman–Crippen MR) is 84.8 cm³/mol. The number of rotatable bonds is 2. The smallest absolute Gasteiger partial charge is 0.230 e. The van der Waals surface area contributed by atoms with E-state index in [4.69, 9.17) is 12.2 Å². The number of hydrogen-bond donors (Lipinski definition) is 2. The standard InChI is InChI=1S/C14H12N6S/c21-13-10-7-9-8-17-14(18-11-3-1-2-4-15-11)19-12(9)20(10)6-5-16-13/h1-4,7-8H,5-6H2,(H,16,21)(H,15,17,18,19). The van der Waals surface area contributed by atoms with E-state index in [1.807, 2.05) is 30.5 Å². The molecule has 104 valence electrons. The summed E-state index contributed by atoms with van der Waals surface area (Å²) in [5, 5.41) is 7.29. The van der Waals surface area contributed by atoms with Gasteiger partial charge in [0.15, 0.2) is 0 Å². The van der Waals surface area contributed by atoms with E-state index in [0.717, 1.165) is 40.6 Å². The zero-order chi connectivity index (χ0) is 14.2. The lowest BCUT2D eigenvalue weighted by Gasteiger charge is -2.18. The maximum absolute atomic E-state index is 5.33. The van der Waals surface area contributed by atoms with Crippen molar-refractivity contribution >= 4 is 40.0 Å². The highest BCUT2D eigenvalue weighted by atomic mass is 32.1. The molecule has 0 bridgehead atoms. The van der Waals surface area contributed by atoms with E-state index in [1.165, 1.54) is 0 Å². The Hall–Kier alpha value is -2.54. The Morgan fingerprint density at radius 3 is 3.10 bits per heavy atom. The average Bonchev–Trinajstić information content (AvgIpc) is 2.88. The molecule has 0 fully saturated rings. The molecule has 0 spiro atoms. The third kappa shape index (κ3) is 2.11. The maximum Gasteiger partial charge on any atom is 0.230 e. The number of anilines is 2. The molecule has 0 amide bonds. The summed E-state index contributed by atoms with van der Waals surface area (Å²) in [7, 11) is 0. The van der Waals surface area contributed by atoms with Gasteiger partial charge in [-0.1, -0.05) is 18.3 Å². The SMILES string of the molecule is S=C1NCCn2c1cc1cnc(Nc3ccccn3)nc12. The highest BCUT2D eigenvalue weighted by molar-refractivity contribution is 7.80. The molecule has 0 radical (unpaired) electrons. The molecule has 0 saturated heterocycles. The third-order valence-electron chi connectivity index (χ3n) is 3.39. The molecular formula is C14H12N6S. The van der Waals surface area contributed by atoms with Gasteiger partial charge in [-0.15, -0.1) is 0 Å². The van der Waals surface area contributed by atoms with E-state index in [1.54, 1.807) is 6.20 Å². The van der Waals surface area contributed by atoms with Crippen LogP contribution in [0.4, 0.5) is 11.8 Å². The second-order valence-electron chi connectivity index (χ2n) is 4.75. The monoisotopic (exact) mass is 296 g/mol. The molecule has 0 atom stereocenters. The van der Waals surface area contributed by atoms with Crippen LogP contribution >= 0.6 is 12.2 Å². The van der Waals surface area contributed by atoms with Gasteiger partial charge in [0.2, 0.25) is 5.95 Å². The number of hydrogen-bond acceptors (Lipinski definition) is 5. The molecule has 4 rings (SSSR count). The Balaban J connectivity index is 1.77. The normalized spacial score (nSPS) is 13.8. The molecule has 21 heavy (non-hydrogen) atoms. The third-order valence-corrected chi connectivity index (χ3v) is 3.75. The van der Waals surface area contributed by atoms with Crippen LogP contribution in [0.5, 0.6) is 0 Å². The van der Waals surface area contributed by atoms with Crippen molar-refractivity contribution in [1.29, 1.82) is 0 Å². The number of aromatic nitrogens is 4. The van der Waals surface area contributed by atoms with Gasteiger partial charge in [-0.3, -0.25) is 0 Å². The predicted octanol–water partition coefficient (Wildman–Crippen LogP) is 1.85. The maximum atomic E-state index is 5.33. The topological polar surface area (TPSA) is 67.7 Å². The first-order valence-electron chi connectivity index (χ1n) is 6.64. The average molecular weight is 296 g/mol. The second-order valence-corrected chi connectivity index (χ2v) is 5.16. The van der Waals surface area contributed by atoms with Gasteiger partial charge in [0.05, 0.1) is 5.69 Å². The van der Waals surface area contributed by atoms with E-state index in [0.29, 0.717) is 5.95 Å². The fourth-order valence-electron chi connectivity index (χ4n) is 2.44. The lowest BCUT2D eigenvalue weighted by Crippen LogP contribution is -2.34. The summed E-state index contributed by atoms with van der Waals surface area (Å²) in [4.78, 5) is 13.9. The van der Waals surface area contributed by atoms with Gasteiger partial charge in [-0.25, -0.2) is 9.97 Å². The molecule has 2 N–H and O–H groups in total. The lowest BCUT2D eigenvalue weighted by molar-refractivity contribution is 0.659. The summed E-state index contributed by atoms with van der Waals surface area (Å²) in [6, 6.07) is 7.68. The van der Waals surface area contributed by atoms with E-state index < -0.39 is 0 Å². The van der Waals surface area contributed by atoms with Gasteiger partial charge in [-0.05, 0) is 18.2 Å². The fourth-order valence-corrected chi connectivity index (χ4v) is 2.71. The van der Waals surface area contributed by atoms with Crippen LogP contribution in [-0.2, 0) is 6.54 Å². The molecule has 0 aliphatic carbocycles. The molecule has 0 saturated carbocycles. The minimum atomic E-state index is 0.534.